The fourth-order valence-electron chi connectivity index (χ4n) is 2.78. The highest BCUT2D eigenvalue weighted by atomic mass is 19.4. The molecule has 0 aliphatic heterocycles. The molecule has 0 aromatic carbocycles. The van der Waals surface area contributed by atoms with Gasteiger partial charge in [-0.05, 0) is 46.0 Å². The fraction of sp³-hybridized carbons (Fsp3) is 0.875. The molecule has 0 aromatic rings. The van der Waals surface area contributed by atoms with E-state index in [2.05, 4.69) is 4.74 Å². The number of ether oxygens (including phenoxy) is 2. The van der Waals surface area contributed by atoms with E-state index in [1.165, 1.54) is 0 Å². The molecule has 1 aliphatic carbocycles. The van der Waals surface area contributed by atoms with Crippen LogP contribution in [0.25, 0.3) is 0 Å². The van der Waals surface area contributed by atoms with E-state index in [0.717, 1.165) is 33.1 Å². The van der Waals surface area contributed by atoms with Crippen molar-refractivity contribution in [2.75, 3.05) is 0 Å². The third-order valence-corrected chi connectivity index (χ3v) is 4.67. The molecule has 1 N–H and O–H groups in total. The summed E-state index contributed by atoms with van der Waals surface area (Å²) in [5, 5.41) is 9.04. The first-order valence-corrected chi connectivity index (χ1v) is 8.35. The largest absolute Gasteiger partial charge is 0.456 e. The second kappa shape index (κ2) is 7.48. The Hall–Kier alpha value is -1.52. The summed E-state index contributed by atoms with van der Waals surface area (Å²) in [5.41, 5.74) is -9.14. The molecule has 0 atom stereocenters. The Bertz CT molecular complexity index is 547. The zero-order valence-corrected chi connectivity index (χ0v) is 15.1. The number of esters is 2. The summed E-state index contributed by atoms with van der Waals surface area (Å²) in [6.45, 7) is 3.32. The van der Waals surface area contributed by atoms with Gasteiger partial charge < -0.3 is 14.6 Å². The van der Waals surface area contributed by atoms with Crippen LogP contribution in [0.3, 0.4) is 0 Å². The number of hydrogen-bond acceptors (Lipinski definition) is 5. The van der Waals surface area contributed by atoms with E-state index >= 15 is 0 Å². The summed E-state index contributed by atoms with van der Waals surface area (Å²) < 4.78 is 85.8. The maximum absolute atomic E-state index is 12.7. The molecular formula is C16H22F6O5. The fourth-order valence-corrected chi connectivity index (χ4v) is 2.78. The van der Waals surface area contributed by atoms with Crippen LogP contribution in [-0.4, -0.2) is 46.2 Å². The van der Waals surface area contributed by atoms with Crippen LogP contribution in [0.5, 0.6) is 0 Å². The normalized spacial score (nSPS) is 18.7. The smallest absolute Gasteiger partial charge is 0.437 e. The van der Waals surface area contributed by atoms with Gasteiger partial charge in [0.2, 0.25) is 5.60 Å². The number of aliphatic hydroxyl groups is 1. The first kappa shape index (κ1) is 23.5. The average molecular weight is 408 g/mol. The van der Waals surface area contributed by atoms with Gasteiger partial charge in [0.25, 0.3) is 0 Å². The van der Waals surface area contributed by atoms with Gasteiger partial charge in [-0.3, -0.25) is 0 Å². The SMILES string of the molecule is CCC1(OC(=O)C(C)(C)OC(=O)C(O)(C(F)(F)F)C(F)(F)F)CCCCC1. The van der Waals surface area contributed by atoms with Crippen molar-refractivity contribution in [1.82, 2.24) is 0 Å². The number of halogens is 6. The maximum Gasteiger partial charge on any atom is 0.437 e. The lowest BCUT2D eigenvalue weighted by Gasteiger charge is -2.39. The number of carbonyl (C=O) groups excluding carboxylic acids is 2. The quantitative estimate of drug-likeness (QED) is 0.553. The van der Waals surface area contributed by atoms with Gasteiger partial charge in [0, 0.05) is 0 Å². The first-order valence-electron chi connectivity index (χ1n) is 8.35. The van der Waals surface area contributed by atoms with E-state index in [1.54, 1.807) is 6.92 Å². The van der Waals surface area contributed by atoms with E-state index in [4.69, 9.17) is 9.84 Å². The van der Waals surface area contributed by atoms with Crippen molar-refractivity contribution < 1.29 is 50.5 Å². The van der Waals surface area contributed by atoms with Gasteiger partial charge in [-0.25, -0.2) is 9.59 Å². The van der Waals surface area contributed by atoms with Gasteiger partial charge in [-0.1, -0.05) is 13.3 Å². The molecular weight excluding hydrogens is 386 g/mol. The van der Waals surface area contributed by atoms with Crippen molar-refractivity contribution in [3.8, 4) is 0 Å². The molecule has 1 aliphatic rings. The van der Waals surface area contributed by atoms with E-state index in [0.29, 0.717) is 19.3 Å². The molecule has 0 heterocycles. The highest BCUT2D eigenvalue weighted by molar-refractivity contribution is 5.87. The molecule has 1 rings (SSSR count). The zero-order valence-electron chi connectivity index (χ0n) is 15.1. The van der Waals surface area contributed by atoms with Crippen molar-refractivity contribution >= 4 is 11.9 Å². The minimum absolute atomic E-state index is 0.387. The molecule has 0 saturated heterocycles. The Morgan fingerprint density at radius 1 is 0.926 bits per heavy atom. The Morgan fingerprint density at radius 3 is 1.74 bits per heavy atom. The van der Waals surface area contributed by atoms with E-state index in [1.807, 2.05) is 0 Å². The molecule has 0 amide bonds. The molecule has 0 aromatic heterocycles. The molecule has 1 fully saturated rings. The molecule has 5 nitrogen and oxygen atoms in total. The maximum atomic E-state index is 12.7. The Morgan fingerprint density at radius 2 is 1.37 bits per heavy atom. The van der Waals surface area contributed by atoms with Crippen LogP contribution in [0.4, 0.5) is 26.3 Å². The van der Waals surface area contributed by atoms with Gasteiger partial charge in [0.05, 0.1) is 0 Å². The van der Waals surface area contributed by atoms with Crippen LogP contribution in [-0.2, 0) is 19.1 Å². The summed E-state index contributed by atoms with van der Waals surface area (Å²) in [4.78, 5) is 23.9. The topological polar surface area (TPSA) is 72.8 Å². The van der Waals surface area contributed by atoms with Crippen LogP contribution in [0.1, 0.15) is 59.3 Å². The number of hydrogen-bond donors (Lipinski definition) is 1. The lowest BCUT2D eigenvalue weighted by atomic mass is 9.82. The van der Waals surface area contributed by atoms with Gasteiger partial charge in [-0.15, -0.1) is 0 Å². The third-order valence-electron chi connectivity index (χ3n) is 4.67. The van der Waals surface area contributed by atoms with Crippen molar-refractivity contribution in [2.24, 2.45) is 0 Å². The molecule has 158 valence electrons. The van der Waals surface area contributed by atoms with Crippen LogP contribution < -0.4 is 0 Å². The Kier molecular flexibility index (Phi) is 6.51. The van der Waals surface area contributed by atoms with Crippen LogP contribution >= 0.6 is 0 Å². The number of rotatable bonds is 5. The van der Waals surface area contributed by atoms with Crippen molar-refractivity contribution in [3.05, 3.63) is 0 Å². The molecule has 0 bridgehead atoms. The lowest BCUT2D eigenvalue weighted by Crippen LogP contribution is -2.64. The highest BCUT2D eigenvalue weighted by Crippen LogP contribution is 2.44. The Balaban J connectivity index is 3.03. The summed E-state index contributed by atoms with van der Waals surface area (Å²) in [6.07, 6.45) is -9.05. The summed E-state index contributed by atoms with van der Waals surface area (Å²) in [5.74, 6) is -4.33. The summed E-state index contributed by atoms with van der Waals surface area (Å²) in [6, 6.07) is 0. The Labute approximate surface area is 152 Å². The van der Waals surface area contributed by atoms with Crippen molar-refractivity contribution in [2.45, 2.75) is 88.5 Å². The van der Waals surface area contributed by atoms with E-state index in [9.17, 15) is 35.9 Å². The summed E-state index contributed by atoms with van der Waals surface area (Å²) >= 11 is 0. The predicted octanol–water partition coefficient (Wildman–Crippen LogP) is 3.82. The van der Waals surface area contributed by atoms with E-state index in [-0.39, 0.29) is 0 Å². The third kappa shape index (κ3) is 4.67. The van der Waals surface area contributed by atoms with Crippen LogP contribution in [0.2, 0.25) is 0 Å². The summed E-state index contributed by atoms with van der Waals surface area (Å²) in [7, 11) is 0. The van der Waals surface area contributed by atoms with Crippen LogP contribution in [0.15, 0.2) is 0 Å². The molecule has 1 saturated carbocycles. The minimum Gasteiger partial charge on any atom is -0.456 e. The number of carbonyl (C=O) groups is 2. The molecule has 0 unspecified atom stereocenters. The number of alkyl halides is 6. The second-order valence-corrected chi connectivity index (χ2v) is 7.09. The highest BCUT2D eigenvalue weighted by Gasteiger charge is 2.77. The van der Waals surface area contributed by atoms with Gasteiger partial charge in [-0.2, -0.15) is 26.3 Å². The van der Waals surface area contributed by atoms with Gasteiger partial charge in [0.15, 0.2) is 0 Å². The van der Waals surface area contributed by atoms with E-state index < -0.39 is 41.1 Å². The predicted molar refractivity (Wildman–Crippen MR) is 79.4 cm³/mol. The van der Waals surface area contributed by atoms with Crippen LogP contribution in [0, 0.1) is 0 Å². The van der Waals surface area contributed by atoms with Gasteiger partial charge in [0.1, 0.15) is 5.60 Å². The minimum atomic E-state index is -6.39. The second-order valence-electron chi connectivity index (χ2n) is 7.09. The first-order chi connectivity index (χ1) is 12.0. The molecule has 0 spiro atoms. The monoisotopic (exact) mass is 408 g/mol. The van der Waals surface area contributed by atoms with Crippen molar-refractivity contribution in [3.63, 3.8) is 0 Å². The lowest BCUT2D eigenvalue weighted by molar-refractivity contribution is -0.358. The standard InChI is InChI=1S/C16H22F6O5/c1-4-13(8-6-5-7-9-13)27-10(23)12(2,3)26-11(24)14(25,15(17,18)19)16(20,21)22/h25H,4-9H2,1-3H3. The van der Waals surface area contributed by atoms with Crippen molar-refractivity contribution in [1.29, 1.82) is 0 Å². The molecule has 0 radical (unpaired) electrons. The molecule has 11 heteroatoms. The van der Waals surface area contributed by atoms with Gasteiger partial charge >= 0.3 is 29.9 Å². The zero-order chi connectivity index (χ0) is 21.3. The molecule has 27 heavy (non-hydrogen) atoms. The average Bonchev–Trinajstić information content (AvgIpc) is 2.52.